The maximum absolute atomic E-state index is 12.2. The number of nitrogens with zero attached hydrogens (tertiary/aromatic N) is 1. The van der Waals surface area contributed by atoms with Gasteiger partial charge in [-0.1, -0.05) is 36.9 Å². The Morgan fingerprint density at radius 1 is 1.11 bits per heavy atom. The number of fused-ring (bicyclic) bond motifs is 1. The van der Waals surface area contributed by atoms with E-state index in [0.717, 1.165) is 10.8 Å². The Morgan fingerprint density at radius 2 is 1.85 bits per heavy atom. The first-order valence-corrected chi connectivity index (χ1v) is 8.12. The van der Waals surface area contributed by atoms with Crippen molar-refractivity contribution in [3.8, 4) is 36.1 Å². The summed E-state index contributed by atoms with van der Waals surface area (Å²) in [6, 6.07) is 15.6. The molecule has 0 saturated heterocycles. The minimum atomic E-state index is -0.469. The van der Waals surface area contributed by atoms with Gasteiger partial charge in [0.1, 0.15) is 6.61 Å². The van der Waals surface area contributed by atoms with Crippen LogP contribution in [0.5, 0.6) is 0 Å². The number of carbonyl (C=O) groups excluding carboxylic acids is 2. The topological polar surface area (TPSA) is 46.6 Å². The summed E-state index contributed by atoms with van der Waals surface area (Å²) >= 11 is 0. The Bertz CT molecular complexity index is 1050. The van der Waals surface area contributed by atoms with Gasteiger partial charge in [0.15, 0.2) is 0 Å². The quantitative estimate of drug-likeness (QED) is 0.359. The van der Waals surface area contributed by atoms with Crippen LogP contribution in [0.4, 0.5) is 0 Å². The van der Waals surface area contributed by atoms with Crippen LogP contribution in [0, 0.1) is 36.1 Å². The third kappa shape index (κ3) is 5.53. The summed E-state index contributed by atoms with van der Waals surface area (Å²) in [4.78, 5) is 25.5. The van der Waals surface area contributed by atoms with Gasteiger partial charge in [-0.2, -0.15) is 0 Å². The van der Waals surface area contributed by atoms with E-state index in [9.17, 15) is 9.59 Å². The molecule has 4 heteroatoms. The summed E-state index contributed by atoms with van der Waals surface area (Å²) in [5.74, 6) is 8.54. The van der Waals surface area contributed by atoms with Crippen LogP contribution in [0.2, 0.25) is 0 Å². The fraction of sp³-hybridized carbons (Fsp3) is 0.130. The van der Waals surface area contributed by atoms with E-state index in [2.05, 4.69) is 36.3 Å². The third-order valence-corrected chi connectivity index (χ3v) is 3.53. The predicted octanol–water partition coefficient (Wildman–Crippen LogP) is 3.00. The zero-order valence-electron chi connectivity index (χ0n) is 14.9. The Labute approximate surface area is 158 Å². The highest BCUT2D eigenvalue weighted by Gasteiger charge is 2.14. The lowest BCUT2D eigenvalue weighted by Crippen LogP contribution is -2.30. The molecule has 0 bridgehead atoms. The zero-order chi connectivity index (χ0) is 19.6. The summed E-state index contributed by atoms with van der Waals surface area (Å²) < 4.78 is 5.27. The highest BCUT2D eigenvalue weighted by atomic mass is 16.5. The Kier molecular flexibility index (Phi) is 6.83. The number of carbonyl (C=O) groups is 2. The molecule has 0 unspecified atom stereocenters. The molecular weight excluding hydrogens is 338 g/mol. The fourth-order valence-electron chi connectivity index (χ4n) is 2.23. The van der Waals surface area contributed by atoms with Crippen molar-refractivity contribution < 1.29 is 14.3 Å². The van der Waals surface area contributed by atoms with Crippen molar-refractivity contribution in [2.75, 3.05) is 13.2 Å². The summed E-state index contributed by atoms with van der Waals surface area (Å²) in [5, 5.41) is 1.99. The number of terminal acetylenes is 1. The summed E-state index contributed by atoms with van der Waals surface area (Å²) in [5.41, 5.74) is 0.757. The summed E-state index contributed by atoms with van der Waals surface area (Å²) in [7, 11) is 0. The van der Waals surface area contributed by atoms with Crippen molar-refractivity contribution >= 4 is 22.6 Å². The third-order valence-electron chi connectivity index (χ3n) is 3.53. The maximum Gasteiger partial charge on any atom is 0.338 e. The monoisotopic (exact) mass is 355 g/mol. The first kappa shape index (κ1) is 19.4. The van der Waals surface area contributed by atoms with E-state index in [-0.39, 0.29) is 19.1 Å². The molecule has 0 saturated carbocycles. The number of rotatable bonds is 5. The first-order valence-electron chi connectivity index (χ1n) is 8.12. The number of esters is 1. The van der Waals surface area contributed by atoms with Crippen molar-refractivity contribution in [2.24, 2.45) is 0 Å². The minimum absolute atomic E-state index is 0.0120. The summed E-state index contributed by atoms with van der Waals surface area (Å²) in [6.07, 6.45) is 5.01. The lowest BCUT2D eigenvalue weighted by molar-refractivity contribution is -0.124. The highest BCUT2D eigenvalue weighted by Crippen LogP contribution is 2.16. The van der Waals surface area contributed by atoms with Gasteiger partial charge in [0.05, 0.1) is 12.1 Å². The molecule has 2 aromatic carbocycles. The highest BCUT2D eigenvalue weighted by molar-refractivity contribution is 5.95. The average molecular weight is 355 g/mol. The molecule has 2 rings (SSSR count). The van der Waals surface area contributed by atoms with Gasteiger partial charge in [0.25, 0.3) is 5.91 Å². The summed E-state index contributed by atoms with van der Waals surface area (Å²) in [6.45, 7) is 5.26. The van der Waals surface area contributed by atoms with Crippen molar-refractivity contribution in [2.45, 2.75) is 6.92 Å². The number of hydrogen-bond acceptors (Lipinski definition) is 3. The Balaban J connectivity index is 2.02. The SMILES string of the molecule is C#CC#CC#CN(CCOC(=O)c1ccc2ccccc2c1)C(=O)C(=C)C. The maximum atomic E-state index is 12.2. The van der Waals surface area contributed by atoms with E-state index in [1.165, 1.54) is 4.90 Å². The van der Waals surface area contributed by atoms with Gasteiger partial charge in [-0.05, 0) is 41.7 Å². The number of hydrogen-bond donors (Lipinski definition) is 0. The molecule has 132 valence electrons. The van der Waals surface area contributed by atoms with Crippen molar-refractivity contribution in [1.82, 2.24) is 4.90 Å². The fourth-order valence-corrected chi connectivity index (χ4v) is 2.23. The molecule has 1 amide bonds. The van der Waals surface area contributed by atoms with Crippen molar-refractivity contribution in [3.05, 3.63) is 60.2 Å². The molecular formula is C23H17NO3. The zero-order valence-corrected chi connectivity index (χ0v) is 14.9. The standard InChI is InChI=1S/C23H17NO3/c1-4-5-6-9-14-24(22(25)18(2)3)15-16-27-23(26)21-13-12-19-10-7-8-11-20(19)17-21/h1,7-8,10-13,17H,2,15-16H2,3H3. The van der Waals surface area contributed by atoms with Crippen LogP contribution in [0.1, 0.15) is 17.3 Å². The van der Waals surface area contributed by atoms with E-state index in [1.807, 2.05) is 30.3 Å². The van der Waals surface area contributed by atoms with Crippen LogP contribution >= 0.6 is 0 Å². The second-order valence-corrected chi connectivity index (χ2v) is 5.57. The van der Waals surface area contributed by atoms with Gasteiger partial charge in [0.2, 0.25) is 0 Å². The molecule has 0 heterocycles. The van der Waals surface area contributed by atoms with Crippen LogP contribution in [0.25, 0.3) is 10.8 Å². The van der Waals surface area contributed by atoms with E-state index in [4.69, 9.17) is 11.2 Å². The molecule has 4 nitrogen and oxygen atoms in total. The second kappa shape index (κ2) is 9.52. The van der Waals surface area contributed by atoms with E-state index in [1.54, 1.807) is 19.1 Å². The molecule has 2 aromatic rings. The van der Waals surface area contributed by atoms with Crippen LogP contribution in [-0.2, 0) is 9.53 Å². The van der Waals surface area contributed by atoms with Crippen molar-refractivity contribution in [3.63, 3.8) is 0 Å². The molecule has 0 aliphatic carbocycles. The van der Waals surface area contributed by atoms with Gasteiger partial charge in [-0.15, -0.1) is 6.42 Å². The smallest absolute Gasteiger partial charge is 0.338 e. The molecule has 0 spiro atoms. The molecule has 0 atom stereocenters. The van der Waals surface area contributed by atoms with Gasteiger partial charge in [0, 0.05) is 23.5 Å². The van der Waals surface area contributed by atoms with Crippen LogP contribution in [0.3, 0.4) is 0 Å². The van der Waals surface area contributed by atoms with Gasteiger partial charge < -0.3 is 4.74 Å². The van der Waals surface area contributed by atoms with Gasteiger partial charge in [-0.25, -0.2) is 4.79 Å². The van der Waals surface area contributed by atoms with Gasteiger partial charge >= 0.3 is 5.97 Å². The molecule has 27 heavy (non-hydrogen) atoms. The van der Waals surface area contributed by atoms with Crippen LogP contribution in [-0.4, -0.2) is 29.9 Å². The van der Waals surface area contributed by atoms with E-state index >= 15 is 0 Å². The molecule has 0 aliphatic heterocycles. The molecule has 0 N–H and O–H groups in total. The Morgan fingerprint density at radius 3 is 2.56 bits per heavy atom. The lowest BCUT2D eigenvalue weighted by Gasteiger charge is -2.15. The predicted molar refractivity (Wildman–Crippen MR) is 105 cm³/mol. The normalized spacial score (nSPS) is 9.04. The average Bonchev–Trinajstić information content (AvgIpc) is 2.68. The second-order valence-electron chi connectivity index (χ2n) is 5.57. The molecule has 0 fully saturated rings. The minimum Gasteiger partial charge on any atom is -0.460 e. The van der Waals surface area contributed by atoms with E-state index < -0.39 is 5.97 Å². The molecule has 0 aromatic heterocycles. The molecule has 0 radical (unpaired) electrons. The number of benzene rings is 2. The van der Waals surface area contributed by atoms with Gasteiger partial charge in [-0.3, -0.25) is 9.69 Å². The first-order chi connectivity index (χ1) is 13.0. The van der Waals surface area contributed by atoms with Crippen molar-refractivity contribution in [1.29, 1.82) is 0 Å². The van der Waals surface area contributed by atoms with E-state index in [0.29, 0.717) is 11.1 Å². The largest absolute Gasteiger partial charge is 0.460 e. The Hall–Kier alpha value is -3.94. The number of ether oxygens (including phenoxy) is 1. The van der Waals surface area contributed by atoms with Crippen LogP contribution in [0.15, 0.2) is 54.6 Å². The van der Waals surface area contributed by atoms with Crippen LogP contribution < -0.4 is 0 Å². The number of amides is 1. The molecule has 0 aliphatic rings. The lowest BCUT2D eigenvalue weighted by atomic mass is 10.1.